The summed E-state index contributed by atoms with van der Waals surface area (Å²) in [5.41, 5.74) is 2.11. The van der Waals surface area contributed by atoms with Gasteiger partial charge in [0.15, 0.2) is 0 Å². The largest absolute Gasteiger partial charge is 0.268 e. The lowest BCUT2D eigenvalue weighted by molar-refractivity contribution is 0.186. The number of benzene rings is 2. The molecule has 0 radical (unpaired) electrons. The summed E-state index contributed by atoms with van der Waals surface area (Å²) in [6, 6.07) is 20.8. The molecule has 0 N–H and O–H groups in total. The highest BCUT2D eigenvalue weighted by molar-refractivity contribution is 7.89. The first-order valence-corrected chi connectivity index (χ1v) is 11.2. The van der Waals surface area contributed by atoms with Gasteiger partial charge in [0.05, 0.1) is 22.3 Å². The van der Waals surface area contributed by atoms with Crippen molar-refractivity contribution < 1.29 is 8.42 Å². The molecule has 1 aliphatic heterocycles. The molecule has 1 saturated heterocycles. The van der Waals surface area contributed by atoms with Crippen LogP contribution in [0.2, 0.25) is 0 Å². The van der Waals surface area contributed by atoms with E-state index in [1.165, 1.54) is 15.1 Å². The predicted octanol–water partition coefficient (Wildman–Crippen LogP) is 2.34. The molecule has 31 heavy (non-hydrogen) atoms. The molecule has 156 valence electrons. The summed E-state index contributed by atoms with van der Waals surface area (Å²) in [5, 5.41) is 8.61. The van der Waals surface area contributed by atoms with Crippen LogP contribution in [0.1, 0.15) is 6.04 Å². The van der Waals surface area contributed by atoms with E-state index >= 15 is 0 Å². The van der Waals surface area contributed by atoms with Gasteiger partial charge in [-0.2, -0.15) is 14.5 Å². The maximum absolute atomic E-state index is 13.0. The van der Waals surface area contributed by atoms with Gasteiger partial charge in [-0.25, -0.2) is 17.8 Å². The third-order valence-electron chi connectivity index (χ3n) is 5.31. The van der Waals surface area contributed by atoms with Gasteiger partial charge in [0.1, 0.15) is 0 Å². The van der Waals surface area contributed by atoms with Crippen molar-refractivity contribution in [2.24, 2.45) is 0 Å². The summed E-state index contributed by atoms with van der Waals surface area (Å²) < 4.78 is 30.3. The predicted molar refractivity (Wildman–Crippen MR) is 115 cm³/mol. The van der Waals surface area contributed by atoms with E-state index < -0.39 is 10.0 Å². The van der Waals surface area contributed by atoms with Crippen molar-refractivity contribution in [3.63, 3.8) is 0 Å². The lowest BCUT2D eigenvalue weighted by Crippen LogP contribution is -2.53. The van der Waals surface area contributed by atoms with Crippen molar-refractivity contribution >= 4 is 10.0 Å². The molecule has 5 rings (SSSR count). The summed E-state index contributed by atoms with van der Waals surface area (Å²) in [6.07, 6.45) is 3.45. The van der Waals surface area contributed by atoms with Gasteiger partial charge in [-0.1, -0.05) is 30.3 Å². The Balaban J connectivity index is 1.34. The molecular weight excluding hydrogens is 414 g/mol. The molecule has 4 aromatic rings. The van der Waals surface area contributed by atoms with Crippen LogP contribution in [0.25, 0.3) is 16.9 Å². The maximum atomic E-state index is 13.0. The second kappa shape index (κ2) is 7.60. The number of hydrogen-bond donors (Lipinski definition) is 0. The molecule has 0 bridgehead atoms. The van der Waals surface area contributed by atoms with Gasteiger partial charge in [0.25, 0.3) is 5.56 Å². The van der Waals surface area contributed by atoms with Crippen molar-refractivity contribution in [1.29, 1.82) is 0 Å². The Morgan fingerprint density at radius 3 is 2.29 bits per heavy atom. The van der Waals surface area contributed by atoms with Gasteiger partial charge in [-0.3, -0.25) is 4.79 Å². The Morgan fingerprint density at radius 1 is 0.871 bits per heavy atom. The third-order valence-corrected chi connectivity index (χ3v) is 7.16. The van der Waals surface area contributed by atoms with Crippen molar-refractivity contribution in [3.05, 3.63) is 95.5 Å². The molecular formula is C22H19N5O3S. The van der Waals surface area contributed by atoms with E-state index in [0.717, 1.165) is 11.3 Å². The lowest BCUT2D eigenvalue weighted by atomic mass is 10.1. The Labute approximate surface area is 179 Å². The number of nitrogens with zero attached hydrogens (tertiary/aromatic N) is 5. The summed E-state index contributed by atoms with van der Waals surface area (Å²) in [5.74, 6) is 0. The van der Waals surface area contributed by atoms with Crippen LogP contribution in [0.4, 0.5) is 0 Å². The average Bonchev–Trinajstić information content (AvgIpc) is 3.29. The highest BCUT2D eigenvalue weighted by Crippen LogP contribution is 2.28. The number of aromatic nitrogens is 4. The Kier molecular flexibility index (Phi) is 4.76. The fourth-order valence-electron chi connectivity index (χ4n) is 3.56. The monoisotopic (exact) mass is 433 g/mol. The first kappa shape index (κ1) is 19.4. The van der Waals surface area contributed by atoms with E-state index in [9.17, 15) is 13.2 Å². The fraction of sp³-hybridized carbons (Fsp3) is 0.136. The van der Waals surface area contributed by atoms with E-state index in [-0.39, 0.29) is 29.6 Å². The number of hydrogen-bond acceptors (Lipinski definition) is 5. The van der Waals surface area contributed by atoms with Gasteiger partial charge >= 0.3 is 0 Å². The van der Waals surface area contributed by atoms with Crippen molar-refractivity contribution in [3.8, 4) is 16.9 Å². The molecule has 1 aliphatic rings. The van der Waals surface area contributed by atoms with Crippen molar-refractivity contribution in [1.82, 2.24) is 23.9 Å². The Hall–Kier alpha value is -3.56. The molecule has 2 aromatic heterocycles. The van der Waals surface area contributed by atoms with Crippen LogP contribution in [-0.4, -0.2) is 45.4 Å². The summed E-state index contributed by atoms with van der Waals surface area (Å²) in [6.45, 7) is 0.406. The molecule has 0 unspecified atom stereocenters. The minimum absolute atomic E-state index is 0.203. The number of sulfonamides is 1. The molecule has 9 heteroatoms. The maximum Gasteiger partial charge on any atom is 0.267 e. The quantitative estimate of drug-likeness (QED) is 0.482. The molecule has 0 spiro atoms. The molecule has 0 saturated carbocycles. The number of rotatable bonds is 5. The smallest absolute Gasteiger partial charge is 0.267 e. The molecule has 0 amide bonds. The molecule has 0 aliphatic carbocycles. The molecule has 1 fully saturated rings. The van der Waals surface area contributed by atoms with Crippen LogP contribution >= 0.6 is 0 Å². The van der Waals surface area contributed by atoms with E-state index in [1.54, 1.807) is 53.5 Å². The van der Waals surface area contributed by atoms with Gasteiger partial charge < -0.3 is 0 Å². The molecule has 2 aromatic carbocycles. The highest BCUT2D eigenvalue weighted by atomic mass is 32.2. The van der Waals surface area contributed by atoms with E-state index in [1.807, 2.05) is 30.3 Å². The lowest BCUT2D eigenvalue weighted by Gasteiger charge is -2.38. The normalized spacial score (nSPS) is 15.0. The van der Waals surface area contributed by atoms with Gasteiger partial charge in [-0.15, -0.1) is 0 Å². The first-order chi connectivity index (χ1) is 15.0. The zero-order chi connectivity index (χ0) is 21.4. The van der Waals surface area contributed by atoms with Crippen LogP contribution in [0.5, 0.6) is 0 Å². The average molecular weight is 433 g/mol. The Bertz CT molecular complexity index is 1360. The van der Waals surface area contributed by atoms with Crippen molar-refractivity contribution in [2.45, 2.75) is 10.9 Å². The summed E-state index contributed by atoms with van der Waals surface area (Å²) in [4.78, 5) is 12.5. The van der Waals surface area contributed by atoms with Crippen LogP contribution < -0.4 is 5.56 Å². The van der Waals surface area contributed by atoms with Crippen LogP contribution in [0.15, 0.2) is 94.9 Å². The fourth-order valence-corrected chi connectivity index (χ4v) is 5.07. The Morgan fingerprint density at radius 2 is 1.61 bits per heavy atom. The zero-order valence-corrected chi connectivity index (χ0v) is 17.3. The second-order valence-electron chi connectivity index (χ2n) is 7.29. The zero-order valence-electron chi connectivity index (χ0n) is 16.4. The van der Waals surface area contributed by atoms with Gasteiger partial charge in [-0.05, 0) is 36.4 Å². The second-order valence-corrected chi connectivity index (χ2v) is 9.23. The molecule has 0 atom stereocenters. The minimum atomic E-state index is -3.64. The standard InChI is InChI=1S/C22H19N5O3S/c28-22-12-11-21(17-5-2-1-3-6-17)24-27(22)19-15-25(16-19)31(29,30)20-9-7-18(8-10-20)26-14-4-13-23-26/h1-14,19H,15-16H2. The highest BCUT2D eigenvalue weighted by Gasteiger charge is 2.38. The first-order valence-electron chi connectivity index (χ1n) is 9.78. The summed E-state index contributed by atoms with van der Waals surface area (Å²) in [7, 11) is -3.64. The molecule has 8 nitrogen and oxygen atoms in total. The third kappa shape index (κ3) is 3.58. The van der Waals surface area contributed by atoms with Crippen LogP contribution in [-0.2, 0) is 10.0 Å². The van der Waals surface area contributed by atoms with Crippen LogP contribution in [0, 0.1) is 0 Å². The van der Waals surface area contributed by atoms with E-state index in [4.69, 9.17) is 0 Å². The van der Waals surface area contributed by atoms with E-state index in [0.29, 0.717) is 5.69 Å². The van der Waals surface area contributed by atoms with E-state index in [2.05, 4.69) is 10.2 Å². The van der Waals surface area contributed by atoms with Gasteiger partial charge in [0, 0.05) is 37.1 Å². The van der Waals surface area contributed by atoms with Gasteiger partial charge in [0.2, 0.25) is 10.0 Å². The summed E-state index contributed by atoms with van der Waals surface area (Å²) >= 11 is 0. The van der Waals surface area contributed by atoms with Crippen molar-refractivity contribution in [2.75, 3.05) is 13.1 Å². The SMILES string of the molecule is O=c1ccc(-c2ccccc2)nn1C1CN(S(=O)(=O)c2ccc(-n3cccn3)cc2)C1. The topological polar surface area (TPSA) is 90.1 Å². The van der Waals surface area contributed by atoms with Crippen LogP contribution in [0.3, 0.4) is 0 Å². The minimum Gasteiger partial charge on any atom is -0.268 e. The molecule has 3 heterocycles.